The molecule has 3 rings (SSSR count). The number of halogens is 2. The van der Waals surface area contributed by atoms with Crippen LogP contribution in [0.25, 0.3) is 0 Å². The molecule has 2 atom stereocenters. The SMILES string of the molecule is C[C@H]1CN(C(=O)OCc2ccccc2)CCN1CC1CCN(C(=O)OC(C)(C)C)CC1(F)F. The monoisotopic (exact) mass is 467 g/mol. The first-order valence-corrected chi connectivity index (χ1v) is 11.5. The maximum atomic E-state index is 14.9. The van der Waals surface area contributed by atoms with Crippen LogP contribution in [-0.4, -0.2) is 83.7 Å². The number of hydrogen-bond donors (Lipinski definition) is 0. The third-order valence-corrected chi connectivity index (χ3v) is 6.08. The Morgan fingerprint density at radius 3 is 2.36 bits per heavy atom. The number of piperazine rings is 1. The minimum absolute atomic E-state index is 0.0669. The first kappa shape index (κ1) is 25.2. The quantitative estimate of drug-likeness (QED) is 0.664. The fourth-order valence-corrected chi connectivity index (χ4v) is 4.22. The van der Waals surface area contributed by atoms with Gasteiger partial charge in [0, 0.05) is 44.7 Å². The van der Waals surface area contributed by atoms with Crippen LogP contribution in [0.5, 0.6) is 0 Å². The molecule has 0 saturated carbocycles. The lowest BCUT2D eigenvalue weighted by Gasteiger charge is -2.44. The highest BCUT2D eigenvalue weighted by Crippen LogP contribution is 2.35. The summed E-state index contributed by atoms with van der Waals surface area (Å²) in [6.45, 7) is 8.49. The molecule has 7 nitrogen and oxygen atoms in total. The molecule has 2 fully saturated rings. The number of nitrogens with zero attached hydrogens (tertiary/aromatic N) is 3. The number of hydrogen-bond acceptors (Lipinski definition) is 5. The van der Waals surface area contributed by atoms with Gasteiger partial charge in [-0.25, -0.2) is 18.4 Å². The average molecular weight is 468 g/mol. The maximum Gasteiger partial charge on any atom is 0.410 e. The highest BCUT2D eigenvalue weighted by atomic mass is 19.3. The second-order valence-electron chi connectivity index (χ2n) is 9.98. The highest BCUT2D eigenvalue weighted by molar-refractivity contribution is 5.68. The van der Waals surface area contributed by atoms with Gasteiger partial charge in [-0.15, -0.1) is 0 Å². The minimum Gasteiger partial charge on any atom is -0.445 e. The summed E-state index contributed by atoms with van der Waals surface area (Å²) < 4.78 is 40.5. The molecule has 1 aromatic carbocycles. The van der Waals surface area contributed by atoms with Crippen LogP contribution in [0.3, 0.4) is 0 Å². The van der Waals surface area contributed by atoms with Gasteiger partial charge in [0.2, 0.25) is 0 Å². The maximum absolute atomic E-state index is 14.9. The van der Waals surface area contributed by atoms with E-state index < -0.39 is 30.1 Å². The van der Waals surface area contributed by atoms with Crippen molar-refractivity contribution in [1.29, 1.82) is 0 Å². The molecule has 33 heavy (non-hydrogen) atoms. The second-order valence-corrected chi connectivity index (χ2v) is 9.98. The molecule has 0 spiro atoms. The number of carbonyl (C=O) groups excluding carboxylic acids is 2. The topological polar surface area (TPSA) is 62.3 Å². The van der Waals surface area contributed by atoms with Gasteiger partial charge < -0.3 is 19.3 Å². The van der Waals surface area contributed by atoms with E-state index in [9.17, 15) is 18.4 Å². The molecular formula is C24H35F2N3O4. The van der Waals surface area contributed by atoms with Gasteiger partial charge in [0.25, 0.3) is 5.92 Å². The Labute approximate surface area is 194 Å². The standard InChI is InChI=1S/C24H35F2N3O4/c1-18-14-28(21(30)32-16-19-8-6-5-7-9-19)13-12-27(18)15-20-10-11-29(17-24(20,25)26)22(31)33-23(2,3)4/h5-9,18,20H,10-17H2,1-4H3/t18-,20?/m0/s1. The number of alkyl halides is 2. The first-order valence-electron chi connectivity index (χ1n) is 11.5. The number of amides is 2. The zero-order valence-corrected chi connectivity index (χ0v) is 19.9. The summed E-state index contributed by atoms with van der Waals surface area (Å²) in [4.78, 5) is 29.4. The van der Waals surface area contributed by atoms with Crippen LogP contribution in [0.4, 0.5) is 18.4 Å². The third-order valence-electron chi connectivity index (χ3n) is 6.08. The molecule has 184 valence electrons. The van der Waals surface area contributed by atoms with E-state index in [1.165, 1.54) is 0 Å². The molecule has 9 heteroatoms. The lowest BCUT2D eigenvalue weighted by molar-refractivity contribution is -0.121. The van der Waals surface area contributed by atoms with E-state index in [1.54, 1.807) is 25.7 Å². The van der Waals surface area contributed by atoms with Crippen LogP contribution in [0.15, 0.2) is 30.3 Å². The van der Waals surface area contributed by atoms with Gasteiger partial charge in [-0.1, -0.05) is 30.3 Å². The summed E-state index contributed by atoms with van der Waals surface area (Å²) in [5, 5.41) is 0. The van der Waals surface area contributed by atoms with E-state index in [0.29, 0.717) is 19.6 Å². The molecule has 2 heterocycles. The number of benzene rings is 1. The molecule has 2 amide bonds. The normalized spacial score (nSPS) is 23.8. The number of rotatable bonds is 4. The van der Waals surface area contributed by atoms with Gasteiger partial charge in [-0.2, -0.15) is 0 Å². The fourth-order valence-electron chi connectivity index (χ4n) is 4.22. The fraction of sp³-hybridized carbons (Fsp3) is 0.667. The molecule has 0 aromatic heterocycles. The Morgan fingerprint density at radius 2 is 1.76 bits per heavy atom. The summed E-state index contributed by atoms with van der Waals surface area (Å²) in [6, 6.07) is 9.39. The Hall–Kier alpha value is -2.42. The molecule has 0 aliphatic carbocycles. The van der Waals surface area contributed by atoms with Gasteiger partial charge >= 0.3 is 12.2 Å². The predicted octanol–water partition coefficient (Wildman–Crippen LogP) is 4.22. The van der Waals surface area contributed by atoms with Crippen molar-refractivity contribution in [2.45, 2.75) is 58.3 Å². The van der Waals surface area contributed by atoms with Crippen molar-refractivity contribution in [3.05, 3.63) is 35.9 Å². The van der Waals surface area contributed by atoms with Gasteiger partial charge in [-0.05, 0) is 39.7 Å². The van der Waals surface area contributed by atoms with E-state index >= 15 is 0 Å². The van der Waals surface area contributed by atoms with Crippen molar-refractivity contribution >= 4 is 12.2 Å². The van der Waals surface area contributed by atoms with E-state index in [4.69, 9.17) is 9.47 Å². The molecule has 2 saturated heterocycles. The van der Waals surface area contributed by atoms with Crippen LogP contribution in [0.1, 0.15) is 39.7 Å². The van der Waals surface area contributed by atoms with Crippen molar-refractivity contribution in [3.8, 4) is 0 Å². The van der Waals surface area contributed by atoms with Crippen LogP contribution < -0.4 is 0 Å². The van der Waals surface area contributed by atoms with Crippen molar-refractivity contribution in [3.63, 3.8) is 0 Å². The van der Waals surface area contributed by atoms with Crippen LogP contribution in [-0.2, 0) is 16.1 Å². The molecule has 2 aliphatic heterocycles. The number of likely N-dealkylation sites (tertiary alicyclic amines) is 1. The molecule has 2 aliphatic rings. The lowest BCUT2D eigenvalue weighted by atomic mass is 9.91. The predicted molar refractivity (Wildman–Crippen MR) is 120 cm³/mol. The third kappa shape index (κ3) is 7.03. The average Bonchev–Trinajstić information content (AvgIpc) is 2.73. The lowest BCUT2D eigenvalue weighted by Crippen LogP contribution is -2.58. The van der Waals surface area contributed by atoms with E-state index in [2.05, 4.69) is 0 Å². The van der Waals surface area contributed by atoms with Crippen molar-refractivity contribution in [1.82, 2.24) is 14.7 Å². The summed E-state index contributed by atoms with van der Waals surface area (Å²) in [6.07, 6.45) is -0.879. The Balaban J connectivity index is 1.48. The summed E-state index contributed by atoms with van der Waals surface area (Å²) in [5.41, 5.74) is 0.193. The number of piperidine rings is 1. The highest BCUT2D eigenvalue weighted by Gasteiger charge is 2.47. The Bertz CT molecular complexity index is 816. The zero-order valence-electron chi connectivity index (χ0n) is 19.9. The van der Waals surface area contributed by atoms with Gasteiger partial charge in [0.1, 0.15) is 12.2 Å². The second kappa shape index (κ2) is 10.2. The minimum atomic E-state index is -3.00. The van der Waals surface area contributed by atoms with Crippen LogP contribution in [0, 0.1) is 5.92 Å². The number of carbonyl (C=O) groups is 2. The molecule has 0 radical (unpaired) electrons. The smallest absolute Gasteiger partial charge is 0.410 e. The van der Waals surface area contributed by atoms with Crippen LogP contribution >= 0.6 is 0 Å². The van der Waals surface area contributed by atoms with Gasteiger partial charge in [0.05, 0.1) is 6.54 Å². The van der Waals surface area contributed by atoms with E-state index in [0.717, 1.165) is 10.5 Å². The van der Waals surface area contributed by atoms with E-state index in [1.807, 2.05) is 42.2 Å². The van der Waals surface area contributed by atoms with Crippen molar-refractivity contribution in [2.24, 2.45) is 5.92 Å². The molecule has 0 N–H and O–H groups in total. The van der Waals surface area contributed by atoms with Gasteiger partial charge in [-0.3, -0.25) is 4.90 Å². The summed E-state index contributed by atoms with van der Waals surface area (Å²) in [7, 11) is 0. The Morgan fingerprint density at radius 1 is 1.06 bits per heavy atom. The largest absolute Gasteiger partial charge is 0.445 e. The molecule has 0 bridgehead atoms. The molecular weight excluding hydrogens is 432 g/mol. The zero-order chi connectivity index (χ0) is 24.2. The van der Waals surface area contributed by atoms with E-state index in [-0.39, 0.29) is 38.3 Å². The molecule has 1 unspecified atom stereocenters. The summed E-state index contributed by atoms with van der Waals surface area (Å²) >= 11 is 0. The number of ether oxygens (including phenoxy) is 2. The van der Waals surface area contributed by atoms with Crippen molar-refractivity contribution < 1.29 is 27.8 Å². The van der Waals surface area contributed by atoms with Gasteiger partial charge in [0.15, 0.2) is 0 Å². The van der Waals surface area contributed by atoms with Crippen LogP contribution in [0.2, 0.25) is 0 Å². The summed E-state index contributed by atoms with van der Waals surface area (Å²) in [5.74, 6) is -3.85. The van der Waals surface area contributed by atoms with Crippen molar-refractivity contribution in [2.75, 3.05) is 39.3 Å². The molecule has 1 aromatic rings. The Kier molecular flexibility index (Phi) is 7.82. The first-order chi connectivity index (χ1) is 15.4.